The van der Waals surface area contributed by atoms with Crippen LogP contribution in [0.5, 0.6) is 11.5 Å². The molecule has 0 aliphatic heterocycles. The number of ether oxygens (including phenoxy) is 2. The molecule has 0 radical (unpaired) electrons. The molecule has 0 bridgehead atoms. The molecule has 6 rings (SSSR count). The summed E-state index contributed by atoms with van der Waals surface area (Å²) in [6, 6.07) is 20.8. The van der Waals surface area contributed by atoms with Crippen LogP contribution < -0.4 is 31.2 Å². The van der Waals surface area contributed by atoms with E-state index in [-0.39, 0.29) is 34.5 Å². The van der Waals surface area contributed by atoms with Crippen LogP contribution in [0.4, 0.5) is 37.7 Å². The molecule has 0 saturated carbocycles. The Hall–Kier alpha value is -6.51. The molecule has 0 aliphatic rings. The Morgan fingerprint density at radius 3 is 1.58 bits per heavy atom. The molecule has 23 heteroatoms. The zero-order chi connectivity index (χ0) is 43.2. The molecule has 2 aromatic carbocycles. The second-order valence-corrected chi connectivity index (χ2v) is 12.2. The van der Waals surface area contributed by atoms with Gasteiger partial charge in [-0.05, 0) is 96.1 Å². The molecule has 0 spiro atoms. The van der Waals surface area contributed by atoms with Crippen molar-refractivity contribution in [3.63, 3.8) is 0 Å². The molecular formula is C36H25Cl3F6N8O6. The van der Waals surface area contributed by atoms with E-state index >= 15 is 0 Å². The Labute approximate surface area is 342 Å². The van der Waals surface area contributed by atoms with Gasteiger partial charge in [0.2, 0.25) is 0 Å². The van der Waals surface area contributed by atoms with Crippen LogP contribution in [0.3, 0.4) is 0 Å². The second kappa shape index (κ2) is 20.8. The van der Waals surface area contributed by atoms with Crippen LogP contribution in [-0.4, -0.2) is 54.5 Å². The molecule has 3 N–H and O–H groups in total. The highest BCUT2D eigenvalue weighted by atomic mass is 35.5. The van der Waals surface area contributed by atoms with Gasteiger partial charge in [0, 0.05) is 41.8 Å². The number of benzene rings is 2. The Morgan fingerprint density at radius 2 is 1.14 bits per heavy atom. The van der Waals surface area contributed by atoms with Crippen LogP contribution in [0.2, 0.25) is 10.3 Å². The first-order valence-electron chi connectivity index (χ1n) is 16.1. The van der Waals surface area contributed by atoms with Gasteiger partial charge in [-0.1, -0.05) is 23.2 Å². The number of hydrogen-bond donors (Lipinski definition) is 3. The highest BCUT2D eigenvalue weighted by Crippen LogP contribution is 2.25. The van der Waals surface area contributed by atoms with Crippen molar-refractivity contribution in [3.05, 3.63) is 163 Å². The van der Waals surface area contributed by atoms with Crippen LogP contribution >= 0.6 is 34.8 Å². The lowest BCUT2D eigenvalue weighted by atomic mass is 10.2. The first-order chi connectivity index (χ1) is 27.9. The minimum Gasteiger partial charge on any atom is -0.406 e. The minimum absolute atomic E-state index is 0.0368. The summed E-state index contributed by atoms with van der Waals surface area (Å²) in [6.07, 6.45) is -6.46. The van der Waals surface area contributed by atoms with Gasteiger partial charge in [-0.25, -0.2) is 19.7 Å². The van der Waals surface area contributed by atoms with Crippen LogP contribution in [-0.2, 0) is 12.4 Å². The molecule has 59 heavy (non-hydrogen) atoms. The quantitative estimate of drug-likeness (QED) is 0.0734. The van der Waals surface area contributed by atoms with Gasteiger partial charge in [-0.2, -0.15) is 10.2 Å². The van der Waals surface area contributed by atoms with Crippen LogP contribution in [0.15, 0.2) is 119 Å². The number of aromatic nitrogens is 6. The largest absolute Gasteiger partial charge is 0.573 e. The molecule has 4 aromatic heterocycles. The predicted molar refractivity (Wildman–Crippen MR) is 203 cm³/mol. The molecule has 308 valence electrons. The van der Waals surface area contributed by atoms with Gasteiger partial charge in [-0.15, -0.1) is 37.9 Å². The van der Waals surface area contributed by atoms with Gasteiger partial charge in [0.15, 0.2) is 0 Å². The SMILES string of the molecule is ClCc1ccnc(Cl)c1.O=C(Nc1ccc(OC(F)(F)F)cc1)c1ccc(=O)[nH]n1.O=C(Nc1ccc(OC(F)(F)F)cc1)c1ccc(=O)n(Cc2ccnc(Cl)c2)n1. The summed E-state index contributed by atoms with van der Waals surface area (Å²) >= 11 is 16.9. The number of halogens is 9. The van der Waals surface area contributed by atoms with Crippen molar-refractivity contribution in [2.75, 3.05) is 10.6 Å². The maximum absolute atomic E-state index is 12.4. The molecule has 4 heterocycles. The Kier molecular flexibility index (Phi) is 15.9. The number of carbonyl (C=O) groups excluding carboxylic acids is 2. The Balaban J connectivity index is 0.000000222. The molecule has 0 fully saturated rings. The highest BCUT2D eigenvalue weighted by molar-refractivity contribution is 6.29. The third-order valence-electron chi connectivity index (χ3n) is 6.77. The van der Waals surface area contributed by atoms with E-state index in [4.69, 9.17) is 34.8 Å². The van der Waals surface area contributed by atoms with E-state index in [1.165, 1.54) is 48.7 Å². The average molecular weight is 886 g/mol. The van der Waals surface area contributed by atoms with E-state index in [9.17, 15) is 45.5 Å². The van der Waals surface area contributed by atoms with E-state index in [1.54, 1.807) is 24.4 Å². The Bertz CT molecular complexity index is 2450. The number of hydrogen-bond acceptors (Lipinski definition) is 10. The number of pyridine rings is 2. The predicted octanol–water partition coefficient (Wildman–Crippen LogP) is 7.89. The van der Waals surface area contributed by atoms with Crippen molar-refractivity contribution in [2.45, 2.75) is 25.1 Å². The molecule has 0 saturated heterocycles. The van der Waals surface area contributed by atoms with Gasteiger partial charge in [0.05, 0.1) is 6.54 Å². The molecule has 0 atom stereocenters. The van der Waals surface area contributed by atoms with Gasteiger partial charge >= 0.3 is 12.7 Å². The summed E-state index contributed by atoms with van der Waals surface area (Å²) in [5, 5.41) is 15.3. The maximum Gasteiger partial charge on any atom is 0.573 e. The molecular weight excluding hydrogens is 861 g/mol. The lowest BCUT2D eigenvalue weighted by Gasteiger charge is -2.10. The number of alkyl halides is 7. The van der Waals surface area contributed by atoms with Crippen molar-refractivity contribution >= 4 is 58.0 Å². The molecule has 14 nitrogen and oxygen atoms in total. The summed E-state index contributed by atoms with van der Waals surface area (Å²) in [7, 11) is 0. The smallest absolute Gasteiger partial charge is 0.406 e. The van der Waals surface area contributed by atoms with Crippen LogP contribution in [0, 0.1) is 0 Å². The van der Waals surface area contributed by atoms with Gasteiger partial charge in [0.1, 0.15) is 33.2 Å². The summed E-state index contributed by atoms with van der Waals surface area (Å²) in [6.45, 7) is 0.0751. The van der Waals surface area contributed by atoms with E-state index in [2.05, 4.69) is 45.4 Å². The van der Waals surface area contributed by atoms with Gasteiger partial charge in [0.25, 0.3) is 22.9 Å². The molecule has 0 aliphatic carbocycles. The summed E-state index contributed by atoms with van der Waals surface area (Å²) < 4.78 is 81.0. The van der Waals surface area contributed by atoms with Crippen molar-refractivity contribution in [3.8, 4) is 11.5 Å². The highest BCUT2D eigenvalue weighted by Gasteiger charge is 2.31. The van der Waals surface area contributed by atoms with Crippen LogP contribution in [0.1, 0.15) is 32.1 Å². The molecule has 0 unspecified atom stereocenters. The summed E-state index contributed by atoms with van der Waals surface area (Å²) in [4.78, 5) is 54.5. The van der Waals surface area contributed by atoms with Crippen molar-refractivity contribution in [1.29, 1.82) is 0 Å². The fourth-order valence-corrected chi connectivity index (χ4v) is 4.82. The zero-order valence-corrected chi connectivity index (χ0v) is 31.7. The van der Waals surface area contributed by atoms with Gasteiger partial charge < -0.3 is 20.1 Å². The van der Waals surface area contributed by atoms with Crippen molar-refractivity contribution in [2.24, 2.45) is 0 Å². The first kappa shape index (κ1) is 45.2. The lowest BCUT2D eigenvalue weighted by molar-refractivity contribution is -0.275. The molecule has 6 aromatic rings. The number of rotatable bonds is 9. The van der Waals surface area contributed by atoms with Gasteiger partial charge in [-0.3, -0.25) is 19.2 Å². The molecule has 2 amide bonds. The second-order valence-electron chi connectivity index (χ2n) is 11.2. The number of H-pyrrole nitrogens is 1. The zero-order valence-electron chi connectivity index (χ0n) is 29.4. The number of nitrogens with zero attached hydrogens (tertiary/aromatic N) is 5. The lowest BCUT2D eigenvalue weighted by Crippen LogP contribution is -2.26. The normalized spacial score (nSPS) is 10.9. The number of carbonyl (C=O) groups is 2. The number of aromatic amines is 1. The van der Waals surface area contributed by atoms with Crippen molar-refractivity contribution in [1.82, 2.24) is 29.9 Å². The van der Waals surface area contributed by atoms with Crippen molar-refractivity contribution < 1.29 is 45.4 Å². The van der Waals surface area contributed by atoms with E-state index in [0.717, 1.165) is 40.6 Å². The standard InChI is InChI=1S/C18H12ClF3N4O3.C12H8F3N3O3.C6H5Cl2N/c19-15-9-11(7-8-23-15)10-26-16(27)6-5-14(25-26)17(28)24-12-1-3-13(4-2-12)29-18(20,21)22;13-12(14,15)21-8-3-1-7(2-4-8)16-11(20)9-5-6-10(19)18-17-9;7-4-5-1-2-9-6(8)3-5/h1-9H,10H2,(H,24,28);1-6H,(H,16,20)(H,18,19);1-3H,4H2. The topological polar surface area (TPSA) is 183 Å². The number of anilines is 2. The third-order valence-corrected chi connectivity index (χ3v) is 7.49. The maximum atomic E-state index is 12.4. The minimum atomic E-state index is -4.80. The fourth-order valence-electron chi connectivity index (χ4n) is 4.26. The number of amides is 2. The fraction of sp³-hybridized carbons (Fsp3) is 0.111. The third kappa shape index (κ3) is 16.1. The summed E-state index contributed by atoms with van der Waals surface area (Å²) in [5.41, 5.74) is 1.16. The summed E-state index contributed by atoms with van der Waals surface area (Å²) in [5.74, 6) is -1.59. The van der Waals surface area contributed by atoms with E-state index in [1.807, 2.05) is 6.07 Å². The monoisotopic (exact) mass is 884 g/mol. The van der Waals surface area contributed by atoms with Crippen LogP contribution in [0.25, 0.3) is 0 Å². The number of nitrogens with one attached hydrogen (secondary N) is 3. The Morgan fingerprint density at radius 1 is 0.661 bits per heavy atom. The van der Waals surface area contributed by atoms with E-state index in [0.29, 0.717) is 16.6 Å². The first-order valence-corrected chi connectivity index (χ1v) is 17.4. The van der Waals surface area contributed by atoms with E-state index < -0.39 is 47.2 Å². The average Bonchev–Trinajstić information content (AvgIpc) is 3.17.